The summed E-state index contributed by atoms with van der Waals surface area (Å²) in [6, 6.07) is 70.0. The normalized spacial score (nSPS) is 14.3. The van der Waals surface area contributed by atoms with Gasteiger partial charge < -0.3 is 4.57 Å². The minimum absolute atomic E-state index is 0.0828. The van der Waals surface area contributed by atoms with Crippen LogP contribution in [0.1, 0.15) is 51.7 Å². The lowest BCUT2D eigenvalue weighted by Gasteiger charge is -2.42. The molecule has 1 aliphatic carbocycles. The van der Waals surface area contributed by atoms with Crippen LogP contribution in [0.2, 0.25) is 0 Å². The molecule has 9 aromatic carbocycles. The van der Waals surface area contributed by atoms with Gasteiger partial charge in [-0.2, -0.15) is 0 Å². The fourth-order valence-electron chi connectivity index (χ4n) is 10.2. The molecule has 0 amide bonds. The zero-order chi connectivity index (χ0) is 43.9. The summed E-state index contributed by atoms with van der Waals surface area (Å²) in [5.74, 6) is 1.91. The average molecular weight is 837 g/mol. The molecule has 2 heterocycles. The van der Waals surface area contributed by atoms with Gasteiger partial charge in [-0.25, -0.2) is 15.0 Å². The van der Waals surface area contributed by atoms with E-state index in [1.54, 1.807) is 0 Å². The number of aromatic nitrogens is 4. The number of benzene rings is 9. The van der Waals surface area contributed by atoms with Crippen LogP contribution < -0.4 is 0 Å². The first-order valence-corrected chi connectivity index (χ1v) is 22.8. The average Bonchev–Trinajstić information content (AvgIpc) is 3.66. The summed E-state index contributed by atoms with van der Waals surface area (Å²) in [6.07, 6.45) is 2.35. The van der Waals surface area contributed by atoms with Crippen molar-refractivity contribution in [3.05, 3.63) is 205 Å². The van der Waals surface area contributed by atoms with Crippen molar-refractivity contribution in [2.24, 2.45) is 0 Å². The molecule has 0 unspecified atom stereocenters. The van der Waals surface area contributed by atoms with Gasteiger partial charge in [0.2, 0.25) is 0 Å². The Labute approximate surface area is 379 Å². The number of nitrogens with zero attached hydrogens (tertiary/aromatic N) is 4. The summed E-state index contributed by atoms with van der Waals surface area (Å²) < 4.78 is 2.50. The Kier molecular flexibility index (Phi) is 8.96. The molecular weight excluding hydrogens is 789 g/mol. The lowest BCUT2D eigenvalue weighted by atomic mass is 9.63. The first kappa shape index (κ1) is 38.9. The molecule has 0 N–H and O–H groups in total. The maximum atomic E-state index is 5.20. The van der Waals surface area contributed by atoms with E-state index in [0.29, 0.717) is 17.5 Å². The van der Waals surface area contributed by atoms with Gasteiger partial charge in [-0.15, -0.1) is 0 Å². The van der Waals surface area contributed by atoms with E-state index < -0.39 is 0 Å². The van der Waals surface area contributed by atoms with Gasteiger partial charge in [0.05, 0.1) is 11.0 Å². The fraction of sp³-hybridized carbons (Fsp3) is 0.131. The van der Waals surface area contributed by atoms with Gasteiger partial charge in [-0.05, 0) is 121 Å². The van der Waals surface area contributed by atoms with Crippen molar-refractivity contribution in [1.82, 2.24) is 19.5 Å². The fourth-order valence-corrected chi connectivity index (χ4v) is 10.2. The molecule has 0 spiro atoms. The minimum Gasteiger partial charge on any atom is -0.309 e. The monoisotopic (exact) mass is 836 g/mol. The Morgan fingerprint density at radius 1 is 0.338 bits per heavy atom. The van der Waals surface area contributed by atoms with Crippen molar-refractivity contribution < 1.29 is 0 Å². The molecule has 312 valence electrons. The number of hydrogen-bond donors (Lipinski definition) is 0. The summed E-state index contributed by atoms with van der Waals surface area (Å²) in [6.45, 7) is 9.68. The van der Waals surface area contributed by atoms with E-state index in [1.807, 2.05) is 12.1 Å². The summed E-state index contributed by atoms with van der Waals surface area (Å²) >= 11 is 0. The van der Waals surface area contributed by atoms with Crippen molar-refractivity contribution in [2.45, 2.75) is 51.4 Å². The Morgan fingerprint density at radius 3 is 1.35 bits per heavy atom. The SMILES string of the molecule is CC1(C)CCC(C)(C)c2cc3c(cc21)c1cc2ccccc2cc1n3-c1ccc2ccc(-c3nc(-c4ccc(-c5ccccc5)cc4)nc(-c4ccc(-c5ccccc5)cc4)n3)cc2c1. The van der Waals surface area contributed by atoms with E-state index in [1.165, 1.54) is 67.7 Å². The van der Waals surface area contributed by atoms with Crippen LogP contribution in [0.15, 0.2) is 194 Å². The van der Waals surface area contributed by atoms with E-state index in [9.17, 15) is 0 Å². The molecule has 0 saturated heterocycles. The summed E-state index contributed by atoms with van der Waals surface area (Å²) in [7, 11) is 0. The first-order valence-electron chi connectivity index (χ1n) is 22.8. The van der Waals surface area contributed by atoms with E-state index in [4.69, 9.17) is 15.0 Å². The predicted octanol–water partition coefficient (Wildman–Crippen LogP) is 16.0. The van der Waals surface area contributed by atoms with Gasteiger partial charge in [0.25, 0.3) is 0 Å². The highest BCUT2D eigenvalue weighted by Crippen LogP contribution is 2.49. The first-order chi connectivity index (χ1) is 31.6. The van der Waals surface area contributed by atoms with Gasteiger partial charge in [0.1, 0.15) is 0 Å². The number of hydrogen-bond acceptors (Lipinski definition) is 3. The van der Waals surface area contributed by atoms with E-state index in [2.05, 4.69) is 214 Å². The maximum absolute atomic E-state index is 5.20. The molecule has 0 bridgehead atoms. The predicted molar refractivity (Wildman–Crippen MR) is 272 cm³/mol. The topological polar surface area (TPSA) is 43.6 Å². The van der Waals surface area contributed by atoms with Crippen LogP contribution in [0.25, 0.3) is 105 Å². The molecule has 0 aliphatic heterocycles. The summed E-state index contributed by atoms with van der Waals surface area (Å²) in [5, 5.41) is 7.37. The van der Waals surface area contributed by atoms with Crippen LogP contribution >= 0.6 is 0 Å². The quantitative estimate of drug-likeness (QED) is 0.168. The van der Waals surface area contributed by atoms with E-state index >= 15 is 0 Å². The largest absolute Gasteiger partial charge is 0.309 e. The molecule has 0 fully saturated rings. The third-order valence-corrected chi connectivity index (χ3v) is 14.1. The van der Waals surface area contributed by atoms with Crippen LogP contribution in [0.3, 0.4) is 0 Å². The molecular formula is C61H48N4. The highest BCUT2D eigenvalue weighted by Gasteiger charge is 2.38. The maximum Gasteiger partial charge on any atom is 0.164 e. The second kappa shape index (κ2) is 15.0. The molecule has 11 aromatic rings. The van der Waals surface area contributed by atoms with Gasteiger partial charge in [0, 0.05) is 33.2 Å². The van der Waals surface area contributed by atoms with Crippen molar-refractivity contribution in [1.29, 1.82) is 0 Å². The second-order valence-electron chi connectivity index (χ2n) is 19.2. The van der Waals surface area contributed by atoms with Crippen molar-refractivity contribution in [3.63, 3.8) is 0 Å². The van der Waals surface area contributed by atoms with Gasteiger partial charge in [0.15, 0.2) is 17.5 Å². The van der Waals surface area contributed by atoms with Gasteiger partial charge >= 0.3 is 0 Å². The Hall–Kier alpha value is -7.69. The standard InChI is InChI=1S/C61H48N4/c1-60(2)31-32-61(3,4)54-38-56-52(37-53(54)60)51-35-46-17-11-12-18-47(46)36-55(51)65(56)50-30-29-43-23-28-48(33-49(43)34-50)59-63-57(44-24-19-41(20-25-44)39-13-7-5-8-14-39)62-58(64-59)45-26-21-42(22-27-45)40-15-9-6-10-16-40/h5-30,33-38H,31-32H2,1-4H3. The summed E-state index contributed by atoms with van der Waals surface area (Å²) in [4.78, 5) is 15.5. The third kappa shape index (κ3) is 6.80. The Morgan fingerprint density at radius 2 is 0.769 bits per heavy atom. The van der Waals surface area contributed by atoms with Gasteiger partial charge in [-0.1, -0.05) is 179 Å². The van der Waals surface area contributed by atoms with Crippen LogP contribution in [0.5, 0.6) is 0 Å². The molecule has 4 nitrogen and oxygen atoms in total. The number of rotatable bonds is 6. The molecule has 12 rings (SSSR count). The molecule has 0 saturated carbocycles. The highest BCUT2D eigenvalue weighted by atomic mass is 15.0. The Bertz CT molecular complexity index is 3520. The van der Waals surface area contributed by atoms with Gasteiger partial charge in [-0.3, -0.25) is 0 Å². The second-order valence-corrected chi connectivity index (χ2v) is 19.2. The van der Waals surface area contributed by atoms with Crippen LogP contribution in [-0.2, 0) is 10.8 Å². The van der Waals surface area contributed by atoms with E-state index in [-0.39, 0.29) is 10.8 Å². The third-order valence-electron chi connectivity index (χ3n) is 14.1. The Balaban J connectivity index is 1.02. The van der Waals surface area contributed by atoms with Crippen molar-refractivity contribution >= 4 is 43.4 Å². The molecule has 4 heteroatoms. The molecule has 0 atom stereocenters. The lowest BCUT2D eigenvalue weighted by molar-refractivity contribution is 0.332. The molecule has 2 aromatic heterocycles. The smallest absolute Gasteiger partial charge is 0.164 e. The minimum atomic E-state index is 0.0828. The number of fused-ring (bicyclic) bond motifs is 6. The van der Waals surface area contributed by atoms with Crippen molar-refractivity contribution in [2.75, 3.05) is 0 Å². The zero-order valence-corrected chi connectivity index (χ0v) is 37.2. The molecule has 0 radical (unpaired) electrons. The zero-order valence-electron chi connectivity index (χ0n) is 37.2. The van der Waals surface area contributed by atoms with Crippen LogP contribution in [0.4, 0.5) is 0 Å². The highest BCUT2D eigenvalue weighted by molar-refractivity contribution is 6.14. The van der Waals surface area contributed by atoms with Crippen LogP contribution in [0, 0.1) is 0 Å². The van der Waals surface area contributed by atoms with Crippen molar-refractivity contribution in [3.8, 4) is 62.1 Å². The van der Waals surface area contributed by atoms with Crippen LogP contribution in [-0.4, -0.2) is 19.5 Å². The summed E-state index contributed by atoms with van der Waals surface area (Å²) in [5.41, 5.74) is 14.2. The molecule has 65 heavy (non-hydrogen) atoms. The van der Waals surface area contributed by atoms with E-state index in [0.717, 1.165) is 44.3 Å². The lowest BCUT2D eigenvalue weighted by Crippen LogP contribution is -2.33. The molecule has 1 aliphatic rings.